The third-order valence-corrected chi connectivity index (χ3v) is 4.46. The number of fused-ring (bicyclic) bond motifs is 1. The van der Waals surface area contributed by atoms with Crippen molar-refractivity contribution >= 4 is 11.8 Å². The summed E-state index contributed by atoms with van der Waals surface area (Å²) in [6.07, 6.45) is 7.72. The van der Waals surface area contributed by atoms with Crippen LogP contribution in [0.2, 0.25) is 0 Å². The van der Waals surface area contributed by atoms with Gasteiger partial charge in [-0.3, -0.25) is 9.59 Å². The van der Waals surface area contributed by atoms with E-state index in [1.807, 2.05) is 4.90 Å². The quantitative estimate of drug-likeness (QED) is 0.685. The van der Waals surface area contributed by atoms with Gasteiger partial charge in [0.15, 0.2) is 0 Å². The van der Waals surface area contributed by atoms with E-state index < -0.39 is 0 Å². The summed E-state index contributed by atoms with van der Waals surface area (Å²) in [6.45, 7) is 1.12. The molecule has 0 aromatic rings. The molecule has 1 saturated carbocycles. The molecule has 4 nitrogen and oxygen atoms in total. The van der Waals surface area contributed by atoms with Gasteiger partial charge >= 0.3 is 0 Å². The Morgan fingerprint density at radius 2 is 1.65 bits per heavy atom. The highest BCUT2D eigenvalue weighted by Crippen LogP contribution is 2.29. The first-order chi connectivity index (χ1) is 8.27. The van der Waals surface area contributed by atoms with Gasteiger partial charge in [0.25, 0.3) is 0 Å². The predicted molar refractivity (Wildman–Crippen MR) is 63.3 cm³/mol. The summed E-state index contributed by atoms with van der Waals surface area (Å²) in [7, 11) is 0. The Bertz CT molecular complexity index is 336. The van der Waals surface area contributed by atoms with Gasteiger partial charge in [0.1, 0.15) is 12.6 Å². The lowest BCUT2D eigenvalue weighted by Crippen LogP contribution is -2.60. The van der Waals surface area contributed by atoms with Gasteiger partial charge < -0.3 is 9.80 Å². The van der Waals surface area contributed by atoms with E-state index in [-0.39, 0.29) is 17.9 Å². The van der Waals surface area contributed by atoms with Crippen LogP contribution in [0.25, 0.3) is 0 Å². The lowest BCUT2D eigenvalue weighted by atomic mass is 9.93. The van der Waals surface area contributed by atoms with Crippen molar-refractivity contribution in [2.45, 2.75) is 57.0 Å². The van der Waals surface area contributed by atoms with Gasteiger partial charge in [-0.1, -0.05) is 19.3 Å². The van der Waals surface area contributed by atoms with Crippen LogP contribution in [0.15, 0.2) is 0 Å². The summed E-state index contributed by atoms with van der Waals surface area (Å²) < 4.78 is 0. The number of rotatable bonds is 1. The minimum Gasteiger partial charge on any atom is -0.329 e. The zero-order valence-electron chi connectivity index (χ0n) is 10.2. The molecule has 2 heterocycles. The Labute approximate surface area is 102 Å². The molecular weight excluding hydrogens is 216 g/mol. The highest BCUT2D eigenvalue weighted by molar-refractivity contribution is 5.95. The molecule has 2 amide bonds. The van der Waals surface area contributed by atoms with Crippen molar-refractivity contribution in [2.75, 3.05) is 13.1 Å². The highest BCUT2D eigenvalue weighted by Gasteiger charge is 2.43. The van der Waals surface area contributed by atoms with E-state index in [1.54, 1.807) is 4.90 Å². The maximum Gasteiger partial charge on any atom is 0.246 e. The molecule has 3 aliphatic rings. The summed E-state index contributed by atoms with van der Waals surface area (Å²) in [6, 6.07) is 0.209. The molecule has 1 atom stereocenters. The first-order valence-corrected chi connectivity index (χ1v) is 6.87. The Balaban J connectivity index is 1.76. The first-order valence-electron chi connectivity index (χ1n) is 6.87. The van der Waals surface area contributed by atoms with Crippen molar-refractivity contribution in [1.29, 1.82) is 0 Å². The molecule has 0 N–H and O–H groups in total. The van der Waals surface area contributed by atoms with E-state index in [1.165, 1.54) is 19.3 Å². The zero-order valence-corrected chi connectivity index (χ0v) is 10.2. The van der Waals surface area contributed by atoms with Crippen LogP contribution < -0.4 is 0 Å². The molecule has 2 aliphatic heterocycles. The molecule has 0 aromatic carbocycles. The van der Waals surface area contributed by atoms with Crippen LogP contribution in [0.1, 0.15) is 44.9 Å². The number of nitrogens with zero attached hydrogens (tertiary/aromatic N) is 2. The SMILES string of the molecule is O=C1C2CCCN2C(=O)CN1C1CCCCC1. The maximum absolute atomic E-state index is 12.4. The highest BCUT2D eigenvalue weighted by atomic mass is 16.2. The number of amides is 2. The molecule has 2 saturated heterocycles. The average Bonchev–Trinajstić information content (AvgIpc) is 2.85. The minimum absolute atomic E-state index is 0.127. The van der Waals surface area contributed by atoms with Crippen LogP contribution >= 0.6 is 0 Å². The molecule has 0 radical (unpaired) electrons. The van der Waals surface area contributed by atoms with E-state index in [9.17, 15) is 9.59 Å². The summed E-state index contributed by atoms with van der Waals surface area (Å²) in [4.78, 5) is 28.1. The van der Waals surface area contributed by atoms with Gasteiger partial charge in [-0.15, -0.1) is 0 Å². The van der Waals surface area contributed by atoms with Gasteiger partial charge in [-0.25, -0.2) is 0 Å². The average molecular weight is 236 g/mol. The number of hydrogen-bond donors (Lipinski definition) is 0. The van der Waals surface area contributed by atoms with Crippen molar-refractivity contribution in [3.63, 3.8) is 0 Å². The van der Waals surface area contributed by atoms with Gasteiger partial charge in [0.2, 0.25) is 11.8 Å². The molecular formula is C13H20N2O2. The number of piperazine rings is 1. The monoisotopic (exact) mass is 236 g/mol. The van der Waals surface area contributed by atoms with Crippen LogP contribution in [0.5, 0.6) is 0 Å². The summed E-state index contributed by atoms with van der Waals surface area (Å²) in [5, 5.41) is 0. The van der Waals surface area contributed by atoms with Crippen LogP contribution in [-0.4, -0.2) is 46.8 Å². The van der Waals surface area contributed by atoms with E-state index in [2.05, 4.69) is 0 Å². The standard InChI is InChI=1S/C13H20N2O2/c16-12-9-15(10-5-2-1-3-6-10)13(17)11-7-4-8-14(11)12/h10-11H,1-9H2. The molecule has 3 fully saturated rings. The fraction of sp³-hybridized carbons (Fsp3) is 0.846. The molecule has 3 rings (SSSR count). The normalized spacial score (nSPS) is 30.9. The Hall–Kier alpha value is -1.06. The lowest BCUT2D eigenvalue weighted by Gasteiger charge is -2.41. The van der Waals surface area contributed by atoms with Crippen LogP contribution in [0.4, 0.5) is 0 Å². The van der Waals surface area contributed by atoms with Crippen molar-refractivity contribution in [3.05, 3.63) is 0 Å². The number of carbonyl (C=O) groups is 2. The fourth-order valence-corrected chi connectivity index (χ4v) is 3.53. The van der Waals surface area contributed by atoms with Gasteiger partial charge in [-0.2, -0.15) is 0 Å². The fourth-order valence-electron chi connectivity index (χ4n) is 3.53. The largest absolute Gasteiger partial charge is 0.329 e. The van der Waals surface area contributed by atoms with Crippen LogP contribution in [-0.2, 0) is 9.59 Å². The van der Waals surface area contributed by atoms with Crippen molar-refractivity contribution in [3.8, 4) is 0 Å². The van der Waals surface area contributed by atoms with Crippen molar-refractivity contribution in [2.24, 2.45) is 0 Å². The second-order valence-corrected chi connectivity index (χ2v) is 5.50. The first kappa shape index (κ1) is 11.1. The third-order valence-electron chi connectivity index (χ3n) is 4.46. The van der Waals surface area contributed by atoms with E-state index >= 15 is 0 Å². The maximum atomic E-state index is 12.4. The molecule has 17 heavy (non-hydrogen) atoms. The molecule has 0 aromatic heterocycles. The smallest absolute Gasteiger partial charge is 0.246 e. The molecule has 0 bridgehead atoms. The molecule has 0 spiro atoms. The van der Waals surface area contributed by atoms with Gasteiger partial charge in [0.05, 0.1) is 0 Å². The lowest BCUT2D eigenvalue weighted by molar-refractivity contribution is -0.156. The molecule has 1 unspecified atom stereocenters. The molecule has 94 valence electrons. The number of hydrogen-bond acceptors (Lipinski definition) is 2. The van der Waals surface area contributed by atoms with E-state index in [0.717, 1.165) is 32.2 Å². The summed E-state index contributed by atoms with van der Waals surface area (Å²) in [5.74, 6) is 0.381. The Morgan fingerprint density at radius 1 is 0.882 bits per heavy atom. The van der Waals surface area contributed by atoms with Crippen LogP contribution in [0.3, 0.4) is 0 Å². The Morgan fingerprint density at radius 3 is 2.41 bits per heavy atom. The topological polar surface area (TPSA) is 40.6 Å². The van der Waals surface area contributed by atoms with Crippen LogP contribution in [0, 0.1) is 0 Å². The molecule has 4 heteroatoms. The zero-order chi connectivity index (χ0) is 11.8. The van der Waals surface area contributed by atoms with Gasteiger partial charge in [-0.05, 0) is 25.7 Å². The predicted octanol–water partition coefficient (Wildman–Crippen LogP) is 1.15. The van der Waals surface area contributed by atoms with Crippen molar-refractivity contribution < 1.29 is 9.59 Å². The minimum atomic E-state index is -0.127. The second kappa shape index (κ2) is 4.31. The van der Waals surface area contributed by atoms with Gasteiger partial charge in [0, 0.05) is 12.6 Å². The number of carbonyl (C=O) groups excluding carboxylic acids is 2. The van der Waals surface area contributed by atoms with E-state index in [0.29, 0.717) is 12.6 Å². The second-order valence-electron chi connectivity index (χ2n) is 5.50. The van der Waals surface area contributed by atoms with E-state index in [4.69, 9.17) is 0 Å². The Kier molecular flexibility index (Phi) is 2.81. The third kappa shape index (κ3) is 1.83. The van der Waals surface area contributed by atoms with Crippen molar-refractivity contribution in [1.82, 2.24) is 9.80 Å². The summed E-state index contributed by atoms with van der Waals surface area (Å²) >= 11 is 0. The summed E-state index contributed by atoms with van der Waals surface area (Å²) in [5.41, 5.74) is 0. The molecule has 1 aliphatic carbocycles.